The third kappa shape index (κ3) is 5.94. The summed E-state index contributed by atoms with van der Waals surface area (Å²) in [6, 6.07) is 12.9. The third-order valence-electron chi connectivity index (χ3n) is 4.90. The van der Waals surface area contributed by atoms with E-state index >= 15 is 0 Å². The molecule has 0 aliphatic carbocycles. The van der Waals surface area contributed by atoms with Crippen LogP contribution >= 0.6 is 0 Å². The number of carbonyl (C=O) groups excluding carboxylic acids is 2. The fourth-order valence-electron chi connectivity index (χ4n) is 3.29. The molecule has 3 aromatic rings. The Morgan fingerprint density at radius 2 is 1.78 bits per heavy atom. The van der Waals surface area contributed by atoms with E-state index in [9.17, 15) is 9.59 Å². The van der Waals surface area contributed by atoms with Crippen LogP contribution in [0.25, 0.3) is 11.4 Å². The lowest BCUT2D eigenvalue weighted by Crippen LogP contribution is -2.14. The molecular weight excluding hydrogens is 408 g/mol. The first-order chi connectivity index (χ1) is 15.4. The van der Waals surface area contributed by atoms with Crippen LogP contribution in [0.4, 0.5) is 5.95 Å². The van der Waals surface area contributed by atoms with Gasteiger partial charge >= 0.3 is 0 Å². The zero-order valence-corrected chi connectivity index (χ0v) is 18.8. The summed E-state index contributed by atoms with van der Waals surface area (Å²) >= 11 is 0. The highest BCUT2D eigenvalue weighted by Gasteiger charge is 2.15. The van der Waals surface area contributed by atoms with E-state index in [1.54, 1.807) is 32.4 Å². The number of aromatic amines is 1. The van der Waals surface area contributed by atoms with Gasteiger partial charge in [-0.05, 0) is 30.0 Å². The highest BCUT2D eigenvalue weighted by Crippen LogP contribution is 2.31. The van der Waals surface area contributed by atoms with Gasteiger partial charge in [0, 0.05) is 24.5 Å². The van der Waals surface area contributed by atoms with Gasteiger partial charge in [-0.3, -0.25) is 20.0 Å². The van der Waals surface area contributed by atoms with Crippen molar-refractivity contribution in [1.29, 1.82) is 0 Å². The highest BCUT2D eigenvalue weighted by molar-refractivity contribution is 5.99. The summed E-state index contributed by atoms with van der Waals surface area (Å²) in [7, 11) is 3.12. The van der Waals surface area contributed by atoms with E-state index in [2.05, 4.69) is 34.3 Å². The van der Waals surface area contributed by atoms with Crippen LogP contribution in [0, 0.1) is 5.92 Å². The number of nitrogens with zero attached hydrogens (tertiary/aromatic N) is 2. The topological polar surface area (TPSA) is 106 Å². The summed E-state index contributed by atoms with van der Waals surface area (Å²) in [5.41, 5.74) is 2.48. The van der Waals surface area contributed by atoms with Crippen molar-refractivity contribution in [3.8, 4) is 22.9 Å². The molecule has 2 N–H and O–H groups in total. The number of H-pyrrole nitrogens is 1. The maximum atomic E-state index is 12.4. The van der Waals surface area contributed by atoms with Crippen molar-refractivity contribution in [2.75, 3.05) is 19.5 Å². The largest absolute Gasteiger partial charge is 0.497 e. The number of aromatic nitrogens is 3. The van der Waals surface area contributed by atoms with Crippen LogP contribution in [0.2, 0.25) is 0 Å². The molecule has 0 saturated heterocycles. The van der Waals surface area contributed by atoms with Crippen molar-refractivity contribution in [1.82, 2.24) is 15.2 Å². The minimum absolute atomic E-state index is 0.0440. The number of carbonyl (C=O) groups is 2. The fraction of sp³-hybridized carbons (Fsp3) is 0.333. The van der Waals surface area contributed by atoms with Crippen LogP contribution < -0.4 is 14.8 Å². The zero-order valence-electron chi connectivity index (χ0n) is 18.8. The molecule has 2 aromatic carbocycles. The van der Waals surface area contributed by atoms with Gasteiger partial charge in [0.2, 0.25) is 11.9 Å². The number of anilines is 1. The summed E-state index contributed by atoms with van der Waals surface area (Å²) in [5, 5.41) is 9.43. The molecule has 3 rings (SSSR count). The lowest BCUT2D eigenvalue weighted by atomic mass is 9.99. The molecule has 0 radical (unpaired) electrons. The van der Waals surface area contributed by atoms with Crippen LogP contribution in [0.1, 0.15) is 42.6 Å². The molecule has 0 atom stereocenters. The number of benzene rings is 2. The van der Waals surface area contributed by atoms with Crippen LogP contribution in [0.3, 0.4) is 0 Å². The molecule has 0 unspecified atom stereocenters. The maximum Gasteiger partial charge on any atom is 0.249 e. The van der Waals surface area contributed by atoms with E-state index in [4.69, 9.17) is 9.47 Å². The normalized spacial score (nSPS) is 10.8. The van der Waals surface area contributed by atoms with E-state index in [1.807, 2.05) is 24.3 Å². The molecule has 1 amide bonds. The predicted molar refractivity (Wildman–Crippen MR) is 122 cm³/mol. The maximum absolute atomic E-state index is 12.4. The van der Waals surface area contributed by atoms with E-state index in [1.165, 1.54) is 5.56 Å². The minimum Gasteiger partial charge on any atom is -0.497 e. The molecule has 0 aliphatic heterocycles. The smallest absolute Gasteiger partial charge is 0.249 e. The van der Waals surface area contributed by atoms with Crippen LogP contribution in [0.15, 0.2) is 42.5 Å². The van der Waals surface area contributed by atoms with Crippen molar-refractivity contribution in [3.05, 3.63) is 53.6 Å². The average Bonchev–Trinajstić information content (AvgIpc) is 3.25. The van der Waals surface area contributed by atoms with E-state index in [-0.39, 0.29) is 30.5 Å². The fourth-order valence-corrected chi connectivity index (χ4v) is 3.29. The lowest BCUT2D eigenvalue weighted by Gasteiger charge is -2.07. The number of Topliss-reactive ketones (excluding diaryl/α,β-unsaturated/α-hetero) is 1. The SMILES string of the molecule is COc1ccc(-c2nc(NC(=O)CCC(=O)c3ccc(CC(C)C)cc3)n[nH]2)c(OC)c1. The number of methoxy groups -OCH3 is 2. The molecule has 0 saturated carbocycles. The minimum atomic E-state index is -0.331. The number of ether oxygens (including phenoxy) is 2. The molecular formula is C24H28N4O4. The first-order valence-electron chi connectivity index (χ1n) is 10.5. The van der Waals surface area contributed by atoms with Gasteiger partial charge in [-0.25, -0.2) is 0 Å². The Hall–Kier alpha value is -3.68. The van der Waals surface area contributed by atoms with Gasteiger partial charge in [0.05, 0.1) is 19.8 Å². The third-order valence-corrected chi connectivity index (χ3v) is 4.90. The molecule has 1 aromatic heterocycles. The molecule has 168 valence electrons. The monoisotopic (exact) mass is 436 g/mol. The zero-order chi connectivity index (χ0) is 23.1. The van der Waals surface area contributed by atoms with Gasteiger partial charge in [-0.15, -0.1) is 5.10 Å². The average molecular weight is 437 g/mol. The van der Waals surface area contributed by atoms with E-state index in [0.29, 0.717) is 34.4 Å². The molecule has 0 aliphatic rings. The summed E-state index contributed by atoms with van der Waals surface area (Å²) in [6.07, 6.45) is 1.12. The summed E-state index contributed by atoms with van der Waals surface area (Å²) < 4.78 is 10.6. The van der Waals surface area contributed by atoms with Gasteiger partial charge in [0.1, 0.15) is 11.5 Å². The Kier molecular flexibility index (Phi) is 7.59. The molecule has 8 nitrogen and oxygen atoms in total. The lowest BCUT2D eigenvalue weighted by molar-refractivity contribution is -0.116. The molecule has 32 heavy (non-hydrogen) atoms. The summed E-state index contributed by atoms with van der Waals surface area (Å²) in [6.45, 7) is 4.31. The molecule has 0 bridgehead atoms. The molecule has 8 heteroatoms. The van der Waals surface area contributed by atoms with E-state index in [0.717, 1.165) is 6.42 Å². The van der Waals surface area contributed by atoms with Crippen molar-refractivity contribution < 1.29 is 19.1 Å². The van der Waals surface area contributed by atoms with Gasteiger partial charge < -0.3 is 9.47 Å². The molecule has 0 fully saturated rings. The van der Waals surface area contributed by atoms with Gasteiger partial charge in [-0.2, -0.15) is 4.98 Å². The quantitative estimate of drug-likeness (QED) is 0.459. The van der Waals surface area contributed by atoms with Gasteiger partial charge in [0.15, 0.2) is 11.6 Å². The number of rotatable bonds is 10. The Bertz CT molecular complexity index is 1070. The standard InChI is InChI=1S/C24H28N4O4/c1-15(2)13-16-5-7-17(8-6-16)20(29)11-12-22(30)25-24-26-23(27-28-24)19-10-9-18(31-3)14-21(19)32-4/h5-10,14-15H,11-13H2,1-4H3,(H2,25,26,27,28,30). The van der Waals surface area contributed by atoms with Crippen molar-refractivity contribution in [2.45, 2.75) is 33.1 Å². The van der Waals surface area contributed by atoms with Crippen molar-refractivity contribution in [3.63, 3.8) is 0 Å². The number of ketones is 1. The number of nitrogens with one attached hydrogen (secondary N) is 2. The van der Waals surface area contributed by atoms with Crippen molar-refractivity contribution in [2.24, 2.45) is 5.92 Å². The molecule has 0 spiro atoms. The number of hydrogen-bond acceptors (Lipinski definition) is 6. The van der Waals surface area contributed by atoms with Crippen molar-refractivity contribution >= 4 is 17.6 Å². The summed E-state index contributed by atoms with van der Waals surface area (Å²) in [4.78, 5) is 29.0. The first kappa shape index (κ1) is 23.0. The second kappa shape index (κ2) is 10.6. The van der Waals surface area contributed by atoms with E-state index < -0.39 is 0 Å². The second-order valence-corrected chi connectivity index (χ2v) is 7.84. The Balaban J connectivity index is 1.56. The number of hydrogen-bond donors (Lipinski definition) is 2. The summed E-state index contributed by atoms with van der Waals surface area (Å²) in [5.74, 6) is 1.94. The number of amides is 1. The molecule has 1 heterocycles. The Morgan fingerprint density at radius 3 is 2.44 bits per heavy atom. The van der Waals surface area contributed by atoms with Crippen LogP contribution in [-0.4, -0.2) is 41.1 Å². The first-order valence-corrected chi connectivity index (χ1v) is 10.5. The Labute approximate surface area is 187 Å². The van der Waals surface area contributed by atoms with Crippen LogP contribution in [-0.2, 0) is 11.2 Å². The van der Waals surface area contributed by atoms with Gasteiger partial charge in [0.25, 0.3) is 0 Å². The highest BCUT2D eigenvalue weighted by atomic mass is 16.5. The van der Waals surface area contributed by atoms with Gasteiger partial charge in [-0.1, -0.05) is 38.1 Å². The van der Waals surface area contributed by atoms with Crippen LogP contribution in [0.5, 0.6) is 11.5 Å². The predicted octanol–water partition coefficient (Wildman–Crippen LogP) is 4.29. The second-order valence-electron chi connectivity index (χ2n) is 7.84. The Morgan fingerprint density at radius 1 is 1.03 bits per heavy atom.